The molecule has 0 amide bonds. The summed E-state index contributed by atoms with van der Waals surface area (Å²) in [4.78, 5) is 41.5. The van der Waals surface area contributed by atoms with Crippen molar-refractivity contribution >= 4 is 55.0 Å². The molecule has 0 saturated carbocycles. The molecular weight excluding hydrogens is 1440 g/mol. The normalized spacial score (nSPS) is 14.4. The lowest BCUT2D eigenvalue weighted by molar-refractivity contribution is -0.686. The lowest BCUT2D eigenvalue weighted by atomic mass is 9.84. The van der Waals surface area contributed by atoms with E-state index in [1.54, 1.807) is 62.0 Å². The van der Waals surface area contributed by atoms with E-state index in [4.69, 9.17) is 56.8 Å². The molecule has 1 atom stereocenters. The van der Waals surface area contributed by atoms with Gasteiger partial charge in [0.25, 0.3) is 5.56 Å². The van der Waals surface area contributed by atoms with Crippen molar-refractivity contribution < 1.29 is 83.2 Å². The number of nitrogens with zero attached hydrogens (tertiary/aromatic N) is 6. The molecule has 7 aliphatic heterocycles. The molecule has 11 aromatic rings. The number of hydrogen-bond donors (Lipinski definition) is 0. The van der Waals surface area contributed by atoms with Crippen molar-refractivity contribution in [3.8, 4) is 91.5 Å². The van der Waals surface area contributed by atoms with Crippen LogP contribution in [0.5, 0.6) is 69.0 Å². The molecule has 18 rings (SSSR count). The van der Waals surface area contributed by atoms with Gasteiger partial charge in [-0.2, -0.15) is 4.57 Å². The summed E-state index contributed by atoms with van der Waals surface area (Å²) < 4.78 is 71.7. The number of carbonyl (C=O) groups excluding carboxylic acids is 1. The number of halogens is 2. The Morgan fingerprint density at radius 3 is 1.60 bits per heavy atom. The first-order chi connectivity index (χ1) is 50.0. The van der Waals surface area contributed by atoms with E-state index < -0.39 is 0 Å². The summed E-state index contributed by atoms with van der Waals surface area (Å²) in [6.45, 7) is 4.62. The molecule has 0 bridgehead atoms. The van der Waals surface area contributed by atoms with Crippen molar-refractivity contribution in [2.24, 2.45) is 0 Å². The monoisotopic (exact) mass is 1510 g/mol. The quantitative estimate of drug-likeness (QED) is 0.0780. The van der Waals surface area contributed by atoms with Gasteiger partial charge in [-0.1, -0.05) is 40.2 Å². The smallest absolute Gasteiger partial charge is 0.262 e. The number of Topliss-reactive ketones (excluding diaryl/α,β-unsaturated/α-hetero) is 1. The number of alkyl halides is 1. The van der Waals surface area contributed by atoms with Crippen LogP contribution in [0.2, 0.25) is 0 Å². The van der Waals surface area contributed by atoms with Crippen LogP contribution < -0.4 is 84.0 Å². The minimum Gasteiger partial charge on any atom is -1.00 e. The van der Waals surface area contributed by atoms with Crippen molar-refractivity contribution in [1.82, 2.24) is 24.4 Å². The average molecular weight is 1520 g/mol. The molecule has 1 unspecified atom stereocenters. The second-order valence-electron chi connectivity index (χ2n) is 25.2. The van der Waals surface area contributed by atoms with E-state index in [-0.39, 0.29) is 54.7 Å². The number of aryl methyl sites for hydroxylation is 3. The Morgan fingerprint density at radius 2 is 1.05 bits per heavy atom. The zero-order valence-corrected chi connectivity index (χ0v) is 61.1. The molecule has 20 nitrogen and oxygen atoms in total. The highest BCUT2D eigenvalue weighted by Crippen LogP contribution is 2.52. The Hall–Kier alpha value is -10.8. The van der Waals surface area contributed by atoms with Crippen molar-refractivity contribution in [1.29, 1.82) is 0 Å². The van der Waals surface area contributed by atoms with Crippen molar-refractivity contribution in [3.05, 3.63) is 224 Å². The van der Waals surface area contributed by atoms with Crippen molar-refractivity contribution in [2.75, 3.05) is 69.6 Å². The number of carbonyl (C=O) groups is 1. The minimum absolute atomic E-state index is 0. The Balaban J connectivity index is 0.000000123. The predicted molar refractivity (Wildman–Crippen MR) is 388 cm³/mol. The van der Waals surface area contributed by atoms with Gasteiger partial charge in [0, 0.05) is 107 Å². The summed E-state index contributed by atoms with van der Waals surface area (Å²) in [6.07, 6.45) is 14.0. The fraction of sp³-hybridized carbons (Fsp3) is 0.259. The van der Waals surface area contributed by atoms with E-state index in [9.17, 15) is 9.59 Å². The first-order valence-corrected chi connectivity index (χ1v) is 34.8. The summed E-state index contributed by atoms with van der Waals surface area (Å²) in [6, 6.07) is 41.9. The molecule has 0 radical (unpaired) electrons. The third-order valence-electron chi connectivity index (χ3n) is 19.5. The van der Waals surface area contributed by atoms with Crippen LogP contribution >= 0.6 is 15.9 Å². The van der Waals surface area contributed by atoms with Gasteiger partial charge in [0.1, 0.15) is 5.78 Å². The van der Waals surface area contributed by atoms with E-state index in [1.807, 2.05) is 102 Å². The third kappa shape index (κ3) is 13.1. The van der Waals surface area contributed by atoms with Crippen LogP contribution in [0.1, 0.15) is 81.0 Å². The summed E-state index contributed by atoms with van der Waals surface area (Å²) in [5.74, 6) is 8.64. The molecule has 6 aromatic carbocycles. The standard InChI is InChI=1S/C26H22N2O5.C26H23N2O4.C23H23NO5.C6H6BrN.BrH/c1-30-20-7-6-17-19(12-16-5-3-4-9-27-16)24-18-13-22-21(32-14-33-22)11-15(18)8-10-28(24)26(29)23(17)25(20)31-2;1-29-22-7-6-18-20(12-17-5-3-4-9-27-17)25-19-13-24-23(31-15-32-24)11-16(19)8-10-28(25)14-21(18)26(22)30-2;1-13(25)8-18-22-15(4-5-19(26-2)23(22)27-3)9-17-16-11-21-20(28-12-29-21)10-14(16)6-7-24(17)18;7-5-6-3-1-2-4-8-6;/h3-7,9,11,13H,8,10,12,14H2,1-2H3;3-7,9,11,13-14H,8,10,12,15H2,1-2H3;4-5,9-11,18H,6-8,12H2,1-3H3;1-4H,5H2;1H/q;+1;;;/p-1. The van der Waals surface area contributed by atoms with Gasteiger partial charge in [0.05, 0.1) is 76.4 Å². The van der Waals surface area contributed by atoms with E-state index in [0.29, 0.717) is 59.9 Å². The predicted octanol–water partition coefficient (Wildman–Crippen LogP) is 10.8. The minimum atomic E-state index is -0.105. The number of fused-ring (bicyclic) bond motifs is 15. The van der Waals surface area contributed by atoms with E-state index in [1.165, 1.54) is 27.9 Å². The molecule has 5 aromatic heterocycles. The zero-order valence-electron chi connectivity index (χ0n) is 57.9. The first kappa shape index (κ1) is 69.3. The highest BCUT2D eigenvalue weighted by atomic mass is 79.9. The Bertz CT molecular complexity index is 5180. The lowest BCUT2D eigenvalue weighted by Crippen LogP contribution is -3.00. The summed E-state index contributed by atoms with van der Waals surface area (Å²) in [5.41, 5.74) is 17.4. The van der Waals surface area contributed by atoms with Crippen LogP contribution in [0.3, 0.4) is 0 Å². The molecule has 0 fully saturated rings. The maximum atomic E-state index is 13.8. The fourth-order valence-electron chi connectivity index (χ4n) is 14.9. The van der Waals surface area contributed by atoms with E-state index in [0.717, 1.165) is 156 Å². The average Bonchev–Trinajstić information content (AvgIpc) is 1.36. The Morgan fingerprint density at radius 1 is 0.544 bits per heavy atom. The number of aromatic nitrogens is 5. The van der Waals surface area contributed by atoms with Gasteiger partial charge in [-0.25, -0.2) is 0 Å². The lowest BCUT2D eigenvalue weighted by Gasteiger charge is -2.43. The van der Waals surface area contributed by atoms with Gasteiger partial charge < -0.3 is 83.3 Å². The zero-order chi connectivity index (χ0) is 70.1. The molecule has 0 N–H and O–H groups in total. The Kier molecular flexibility index (Phi) is 20.2. The number of benzene rings is 6. The maximum absolute atomic E-state index is 13.8. The van der Waals surface area contributed by atoms with Gasteiger partial charge in [-0.15, -0.1) is 0 Å². The first-order valence-electron chi connectivity index (χ1n) is 33.7. The van der Waals surface area contributed by atoms with Crippen molar-refractivity contribution in [2.45, 2.75) is 69.9 Å². The number of ketones is 1. The SMILES string of the molecule is BrCc1ccccn1.COc1ccc2c(Cc3ccccn3)c3[n+](cc2c1OC)CCc1cc2c(cc1-3)OCO2.COc1ccc2c(Cc3ccccn3)c3n(c(=O)c2c1OC)CCc1cc2c(cc1-3)OCO2.COc1ccc2c(c1OC)C(CC(C)=O)N1CCc3cc4c(cc3C1=C2)OCO4.[Br-]. The summed E-state index contributed by atoms with van der Waals surface area (Å²) in [7, 11) is 9.78. The molecular formula is C81H74Br2N6O14. The molecule has 7 aliphatic rings. The number of methoxy groups -OCH3 is 6. The van der Waals surface area contributed by atoms with Gasteiger partial charge in [-0.05, 0) is 162 Å². The van der Waals surface area contributed by atoms with Gasteiger partial charge >= 0.3 is 0 Å². The molecule has 0 aliphatic carbocycles. The second kappa shape index (κ2) is 30.0. The Labute approximate surface area is 614 Å². The van der Waals surface area contributed by atoms with Crippen LogP contribution in [0.15, 0.2) is 157 Å². The molecule has 0 spiro atoms. The number of hydrogen-bond acceptors (Lipinski definition) is 18. The topological polar surface area (TPSA) is 196 Å². The molecule has 0 saturated heterocycles. The van der Waals surface area contributed by atoms with Crippen molar-refractivity contribution in [3.63, 3.8) is 0 Å². The largest absolute Gasteiger partial charge is 1.00 e. The fourth-order valence-corrected chi connectivity index (χ4v) is 15.3. The van der Waals surface area contributed by atoms with E-state index in [2.05, 4.69) is 89.0 Å². The number of rotatable bonds is 13. The van der Waals surface area contributed by atoms with Gasteiger partial charge in [-0.3, -0.25) is 24.5 Å². The molecule has 103 heavy (non-hydrogen) atoms. The molecule has 22 heteroatoms. The molecule has 12 heterocycles. The van der Waals surface area contributed by atoms with Crippen LogP contribution in [0.25, 0.3) is 55.8 Å². The van der Waals surface area contributed by atoms with Crippen LogP contribution in [0.4, 0.5) is 0 Å². The summed E-state index contributed by atoms with van der Waals surface area (Å²) >= 11 is 3.29. The number of pyridine rings is 5. The highest BCUT2D eigenvalue weighted by Gasteiger charge is 2.39. The van der Waals surface area contributed by atoms with Crippen LogP contribution in [0, 0.1) is 0 Å². The van der Waals surface area contributed by atoms with Gasteiger partial charge in [0.15, 0.2) is 81.7 Å². The van der Waals surface area contributed by atoms with Crippen LogP contribution in [-0.2, 0) is 55.3 Å². The maximum Gasteiger partial charge on any atom is 0.262 e. The third-order valence-corrected chi connectivity index (χ3v) is 20.1. The van der Waals surface area contributed by atoms with Gasteiger partial charge in [0.2, 0.25) is 26.1 Å². The van der Waals surface area contributed by atoms with E-state index >= 15 is 0 Å². The second-order valence-corrected chi connectivity index (χ2v) is 25.7. The highest BCUT2D eigenvalue weighted by molar-refractivity contribution is 9.08. The number of ether oxygens (including phenoxy) is 12. The van der Waals surface area contributed by atoms with Crippen LogP contribution in [-0.4, -0.2) is 99.8 Å². The summed E-state index contributed by atoms with van der Waals surface area (Å²) in [5, 5.41) is 4.36. The molecule has 526 valence electrons.